The van der Waals surface area contributed by atoms with Crippen molar-refractivity contribution in [3.63, 3.8) is 0 Å². The maximum absolute atomic E-state index is 12.1. The first-order valence-electron chi connectivity index (χ1n) is 6.30. The van der Waals surface area contributed by atoms with E-state index in [2.05, 4.69) is 4.98 Å². The van der Waals surface area contributed by atoms with Crippen LogP contribution in [0.25, 0.3) is 0 Å². The minimum atomic E-state index is -4.29. The molecule has 1 aliphatic heterocycles. The molecule has 0 aromatic carbocycles. The van der Waals surface area contributed by atoms with Crippen molar-refractivity contribution in [2.24, 2.45) is 0 Å². The van der Waals surface area contributed by atoms with Crippen molar-refractivity contribution in [2.75, 3.05) is 13.1 Å². The summed E-state index contributed by atoms with van der Waals surface area (Å²) < 4.78 is 36.3. The molecular formula is C13H14ClF3N2O. The minimum Gasteiger partial charge on any atom is -0.342 e. The molecule has 1 aromatic rings. The summed E-state index contributed by atoms with van der Waals surface area (Å²) in [5.41, 5.74) is 0.920. The Morgan fingerprint density at radius 1 is 1.45 bits per heavy atom. The highest BCUT2D eigenvalue weighted by Crippen LogP contribution is 2.29. The number of carbonyl (C=O) groups is 1. The van der Waals surface area contributed by atoms with Crippen LogP contribution in [-0.4, -0.2) is 35.1 Å². The predicted octanol–water partition coefficient (Wildman–Crippen LogP) is 3.39. The molecule has 0 radical (unpaired) electrons. The smallest absolute Gasteiger partial charge is 0.342 e. The Labute approximate surface area is 119 Å². The second-order valence-corrected chi connectivity index (χ2v) is 5.31. The van der Waals surface area contributed by atoms with Crippen LogP contribution in [0.5, 0.6) is 0 Å². The van der Waals surface area contributed by atoms with Crippen LogP contribution < -0.4 is 0 Å². The van der Waals surface area contributed by atoms with Crippen LogP contribution in [0.3, 0.4) is 0 Å². The van der Waals surface area contributed by atoms with Crippen LogP contribution in [-0.2, 0) is 4.79 Å². The molecule has 0 bridgehead atoms. The zero-order valence-electron chi connectivity index (χ0n) is 10.7. The van der Waals surface area contributed by atoms with Gasteiger partial charge in [-0.15, -0.1) is 0 Å². The van der Waals surface area contributed by atoms with Gasteiger partial charge in [0.25, 0.3) is 0 Å². The maximum atomic E-state index is 12.1. The van der Waals surface area contributed by atoms with Crippen LogP contribution in [0.1, 0.15) is 30.7 Å². The molecule has 110 valence electrons. The second kappa shape index (κ2) is 5.99. The number of nitrogens with zero attached hydrogens (tertiary/aromatic N) is 2. The number of alkyl halides is 3. The fourth-order valence-corrected chi connectivity index (χ4v) is 2.50. The Balaban J connectivity index is 1.90. The fourth-order valence-electron chi connectivity index (χ4n) is 2.32. The number of rotatable bonds is 3. The van der Waals surface area contributed by atoms with E-state index in [0.29, 0.717) is 18.1 Å². The van der Waals surface area contributed by atoms with E-state index < -0.39 is 24.9 Å². The normalized spacial score (nSPS) is 19.4. The van der Waals surface area contributed by atoms with Crippen molar-refractivity contribution in [1.82, 2.24) is 9.88 Å². The molecular weight excluding hydrogens is 293 g/mol. The van der Waals surface area contributed by atoms with E-state index in [0.717, 1.165) is 12.0 Å². The molecule has 1 aliphatic rings. The molecule has 0 aliphatic carbocycles. The van der Waals surface area contributed by atoms with Crippen molar-refractivity contribution < 1.29 is 18.0 Å². The van der Waals surface area contributed by atoms with E-state index in [1.165, 1.54) is 11.1 Å². The maximum Gasteiger partial charge on any atom is 0.389 e. The van der Waals surface area contributed by atoms with Gasteiger partial charge < -0.3 is 4.90 Å². The van der Waals surface area contributed by atoms with E-state index in [9.17, 15) is 18.0 Å². The average molecular weight is 307 g/mol. The van der Waals surface area contributed by atoms with Crippen LogP contribution in [0, 0.1) is 0 Å². The van der Waals surface area contributed by atoms with E-state index in [1.807, 2.05) is 0 Å². The lowest BCUT2D eigenvalue weighted by atomic mass is 10.0. The Hall–Kier alpha value is -1.30. The SMILES string of the molecule is O=C(CCC(F)(F)F)N1CCC(c2cncc(Cl)c2)C1. The average Bonchev–Trinajstić information content (AvgIpc) is 2.84. The molecule has 2 heterocycles. The van der Waals surface area contributed by atoms with Gasteiger partial charge in [0.05, 0.1) is 11.4 Å². The number of carbonyl (C=O) groups excluding carboxylic acids is 1. The number of amides is 1. The summed E-state index contributed by atoms with van der Waals surface area (Å²) in [5.74, 6) is -0.351. The molecule has 1 unspecified atom stereocenters. The Bertz CT molecular complexity index is 493. The number of likely N-dealkylation sites (tertiary alicyclic amines) is 1. The summed E-state index contributed by atoms with van der Waals surface area (Å²) in [4.78, 5) is 17.2. The van der Waals surface area contributed by atoms with Crippen LogP contribution >= 0.6 is 11.6 Å². The molecule has 2 rings (SSSR count). The zero-order chi connectivity index (χ0) is 14.8. The summed E-state index contributed by atoms with van der Waals surface area (Å²) >= 11 is 5.85. The molecule has 20 heavy (non-hydrogen) atoms. The van der Waals surface area contributed by atoms with Crippen molar-refractivity contribution in [2.45, 2.75) is 31.4 Å². The standard InChI is InChI=1S/C13H14ClF3N2O/c14-11-5-10(6-18-7-11)9-2-4-19(8-9)12(20)1-3-13(15,16)17/h5-7,9H,1-4,8H2. The lowest BCUT2D eigenvalue weighted by Gasteiger charge is -2.17. The van der Waals surface area contributed by atoms with Crippen molar-refractivity contribution >= 4 is 17.5 Å². The Morgan fingerprint density at radius 2 is 2.20 bits per heavy atom. The zero-order valence-corrected chi connectivity index (χ0v) is 11.4. The van der Waals surface area contributed by atoms with Gasteiger partial charge in [-0.2, -0.15) is 13.2 Å². The van der Waals surface area contributed by atoms with Crippen LogP contribution in [0.2, 0.25) is 5.02 Å². The molecule has 1 fully saturated rings. The monoisotopic (exact) mass is 306 g/mol. The summed E-state index contributed by atoms with van der Waals surface area (Å²) in [6, 6.07) is 1.78. The largest absolute Gasteiger partial charge is 0.389 e. The van der Waals surface area contributed by atoms with Gasteiger partial charge in [-0.3, -0.25) is 9.78 Å². The second-order valence-electron chi connectivity index (χ2n) is 4.88. The molecule has 3 nitrogen and oxygen atoms in total. The van der Waals surface area contributed by atoms with Gasteiger partial charge in [-0.1, -0.05) is 11.6 Å². The number of halogens is 4. The third kappa shape index (κ3) is 4.10. The van der Waals surface area contributed by atoms with E-state index in [-0.39, 0.29) is 5.92 Å². The first-order chi connectivity index (χ1) is 9.35. The number of hydrogen-bond donors (Lipinski definition) is 0. The van der Waals surface area contributed by atoms with Gasteiger partial charge in [-0.25, -0.2) is 0 Å². The Kier molecular flexibility index (Phi) is 4.52. The first kappa shape index (κ1) is 15.1. The van der Waals surface area contributed by atoms with Crippen molar-refractivity contribution in [3.05, 3.63) is 29.0 Å². The summed E-state index contributed by atoms with van der Waals surface area (Å²) in [7, 11) is 0. The summed E-state index contributed by atoms with van der Waals surface area (Å²) in [6.07, 6.45) is -1.91. The minimum absolute atomic E-state index is 0.0936. The molecule has 0 spiro atoms. The molecule has 0 N–H and O–H groups in total. The van der Waals surface area contributed by atoms with Crippen LogP contribution in [0.15, 0.2) is 18.5 Å². The van der Waals surface area contributed by atoms with E-state index in [1.54, 1.807) is 12.3 Å². The highest BCUT2D eigenvalue weighted by Gasteiger charge is 2.32. The lowest BCUT2D eigenvalue weighted by molar-refractivity contribution is -0.148. The first-order valence-corrected chi connectivity index (χ1v) is 6.68. The number of hydrogen-bond acceptors (Lipinski definition) is 2. The molecule has 1 saturated heterocycles. The molecule has 1 amide bonds. The van der Waals surface area contributed by atoms with Gasteiger partial charge in [-0.05, 0) is 18.1 Å². The fraction of sp³-hybridized carbons (Fsp3) is 0.538. The summed E-state index contributed by atoms with van der Waals surface area (Å²) in [6.45, 7) is 0.909. The predicted molar refractivity (Wildman–Crippen MR) is 68.5 cm³/mol. The van der Waals surface area contributed by atoms with Crippen molar-refractivity contribution in [1.29, 1.82) is 0 Å². The van der Waals surface area contributed by atoms with Crippen molar-refractivity contribution in [3.8, 4) is 0 Å². The summed E-state index contributed by atoms with van der Waals surface area (Å²) in [5, 5.41) is 0.518. The number of aromatic nitrogens is 1. The molecule has 1 atom stereocenters. The quantitative estimate of drug-likeness (QED) is 0.857. The van der Waals surface area contributed by atoms with Gasteiger partial charge in [0.1, 0.15) is 0 Å². The third-order valence-electron chi connectivity index (χ3n) is 3.36. The lowest BCUT2D eigenvalue weighted by Crippen LogP contribution is -2.29. The van der Waals surface area contributed by atoms with E-state index >= 15 is 0 Å². The highest BCUT2D eigenvalue weighted by molar-refractivity contribution is 6.30. The Morgan fingerprint density at radius 3 is 2.85 bits per heavy atom. The van der Waals surface area contributed by atoms with Gasteiger partial charge in [0, 0.05) is 37.8 Å². The third-order valence-corrected chi connectivity index (χ3v) is 3.57. The van der Waals surface area contributed by atoms with Gasteiger partial charge in [0.15, 0.2) is 0 Å². The van der Waals surface area contributed by atoms with Gasteiger partial charge >= 0.3 is 6.18 Å². The highest BCUT2D eigenvalue weighted by atomic mass is 35.5. The topological polar surface area (TPSA) is 33.2 Å². The van der Waals surface area contributed by atoms with Gasteiger partial charge in [0.2, 0.25) is 5.91 Å². The van der Waals surface area contributed by atoms with E-state index in [4.69, 9.17) is 11.6 Å². The number of pyridine rings is 1. The molecule has 1 aromatic heterocycles. The van der Waals surface area contributed by atoms with Crippen LogP contribution in [0.4, 0.5) is 13.2 Å². The molecule has 0 saturated carbocycles. The molecule has 7 heteroatoms.